The molecule has 0 saturated carbocycles. The number of anilines is 1. The summed E-state index contributed by atoms with van der Waals surface area (Å²) in [5, 5.41) is 13.2. The van der Waals surface area contributed by atoms with Crippen LogP contribution in [0.4, 0.5) is 5.69 Å². The van der Waals surface area contributed by atoms with Crippen molar-refractivity contribution >= 4 is 11.6 Å². The summed E-state index contributed by atoms with van der Waals surface area (Å²) in [6.07, 6.45) is 1.43. The third kappa shape index (κ3) is 1.61. The van der Waals surface area contributed by atoms with E-state index in [9.17, 15) is 9.90 Å². The fourth-order valence-corrected chi connectivity index (χ4v) is 2.15. The van der Waals surface area contributed by atoms with E-state index in [1.165, 1.54) is 0 Å². The van der Waals surface area contributed by atoms with Crippen LogP contribution in [0.5, 0.6) is 0 Å². The molecule has 86 valence electrons. The van der Waals surface area contributed by atoms with Crippen molar-refractivity contribution in [3.05, 3.63) is 29.8 Å². The van der Waals surface area contributed by atoms with E-state index in [0.717, 1.165) is 12.1 Å². The number of benzene rings is 1. The average Bonchev–Trinajstić information content (AvgIpc) is 2.52. The molecule has 2 rings (SSSR count). The summed E-state index contributed by atoms with van der Waals surface area (Å²) in [5.74, 6) is 0.0240. The van der Waals surface area contributed by atoms with Crippen LogP contribution in [0.15, 0.2) is 24.3 Å². The van der Waals surface area contributed by atoms with E-state index >= 15 is 0 Å². The zero-order chi connectivity index (χ0) is 11.8. The van der Waals surface area contributed by atoms with Crippen molar-refractivity contribution in [2.24, 2.45) is 5.92 Å². The monoisotopic (exact) mass is 219 g/mol. The Kier molecular flexibility index (Phi) is 2.72. The Balaban J connectivity index is 2.37. The number of aliphatic hydroxyl groups is 1. The summed E-state index contributed by atoms with van der Waals surface area (Å²) < 4.78 is 0. The minimum atomic E-state index is -1.34. The van der Waals surface area contributed by atoms with Crippen LogP contribution in [-0.2, 0) is 10.4 Å². The molecule has 0 radical (unpaired) electrons. The molecule has 0 spiro atoms. The van der Waals surface area contributed by atoms with E-state index in [1.807, 2.05) is 31.2 Å². The molecule has 3 nitrogen and oxygen atoms in total. The second kappa shape index (κ2) is 3.91. The van der Waals surface area contributed by atoms with Crippen LogP contribution >= 0.6 is 0 Å². The first-order valence-corrected chi connectivity index (χ1v) is 5.71. The Morgan fingerprint density at radius 2 is 2.12 bits per heavy atom. The molecule has 0 saturated heterocycles. The molecular weight excluding hydrogens is 202 g/mol. The van der Waals surface area contributed by atoms with Gasteiger partial charge in [0.25, 0.3) is 5.91 Å². The Hall–Kier alpha value is -1.35. The van der Waals surface area contributed by atoms with Crippen LogP contribution in [0.2, 0.25) is 0 Å². The fraction of sp³-hybridized carbons (Fsp3) is 0.462. The number of fused-ring (bicyclic) bond motifs is 1. The molecule has 2 N–H and O–H groups in total. The van der Waals surface area contributed by atoms with Gasteiger partial charge < -0.3 is 10.4 Å². The lowest BCUT2D eigenvalue weighted by Gasteiger charge is -2.23. The van der Waals surface area contributed by atoms with Gasteiger partial charge in [0.05, 0.1) is 0 Å². The van der Waals surface area contributed by atoms with Crippen LogP contribution in [-0.4, -0.2) is 11.0 Å². The van der Waals surface area contributed by atoms with Crippen LogP contribution in [0.1, 0.15) is 32.3 Å². The minimum absolute atomic E-state index is 0.297. The molecule has 0 aliphatic carbocycles. The number of carbonyl (C=O) groups is 1. The zero-order valence-corrected chi connectivity index (χ0v) is 9.66. The van der Waals surface area contributed by atoms with Crippen molar-refractivity contribution in [2.75, 3.05) is 5.32 Å². The van der Waals surface area contributed by atoms with Crippen molar-refractivity contribution in [3.63, 3.8) is 0 Å². The predicted octanol–water partition coefficient (Wildman–Crippen LogP) is 2.26. The highest BCUT2D eigenvalue weighted by Gasteiger charge is 2.45. The molecule has 1 aliphatic heterocycles. The van der Waals surface area contributed by atoms with Gasteiger partial charge in [0.2, 0.25) is 0 Å². The normalized spacial score (nSPS) is 25.1. The Morgan fingerprint density at radius 1 is 1.44 bits per heavy atom. The first-order valence-electron chi connectivity index (χ1n) is 5.71. The summed E-state index contributed by atoms with van der Waals surface area (Å²) in [6.45, 7) is 4.11. The van der Waals surface area contributed by atoms with Crippen molar-refractivity contribution in [2.45, 2.75) is 32.3 Å². The number of hydrogen-bond acceptors (Lipinski definition) is 2. The maximum absolute atomic E-state index is 11.8. The summed E-state index contributed by atoms with van der Waals surface area (Å²) >= 11 is 0. The SMILES string of the molecule is CC[C@H](C)CC1(O)C(=O)Nc2ccccc21. The molecule has 1 heterocycles. The van der Waals surface area contributed by atoms with Gasteiger partial charge in [-0.25, -0.2) is 0 Å². The highest BCUT2D eigenvalue weighted by molar-refractivity contribution is 6.04. The van der Waals surface area contributed by atoms with Gasteiger partial charge in [-0.1, -0.05) is 38.5 Å². The highest BCUT2D eigenvalue weighted by Crippen LogP contribution is 2.40. The highest BCUT2D eigenvalue weighted by atomic mass is 16.3. The molecule has 1 amide bonds. The van der Waals surface area contributed by atoms with Crippen LogP contribution in [0.3, 0.4) is 0 Å². The lowest BCUT2D eigenvalue weighted by molar-refractivity contribution is -0.135. The van der Waals surface area contributed by atoms with E-state index in [0.29, 0.717) is 17.9 Å². The van der Waals surface area contributed by atoms with Crippen LogP contribution < -0.4 is 5.32 Å². The van der Waals surface area contributed by atoms with Crippen LogP contribution in [0.25, 0.3) is 0 Å². The van der Waals surface area contributed by atoms with Crippen LogP contribution in [0, 0.1) is 5.92 Å². The summed E-state index contributed by atoms with van der Waals surface area (Å²) in [4.78, 5) is 11.8. The third-order valence-corrected chi connectivity index (χ3v) is 3.34. The van der Waals surface area contributed by atoms with Gasteiger partial charge in [0, 0.05) is 11.3 Å². The largest absolute Gasteiger partial charge is 0.375 e. The first kappa shape index (κ1) is 11.1. The van der Waals surface area contributed by atoms with E-state index in [2.05, 4.69) is 12.2 Å². The summed E-state index contributed by atoms with van der Waals surface area (Å²) in [6, 6.07) is 7.34. The molecule has 16 heavy (non-hydrogen) atoms. The van der Waals surface area contributed by atoms with E-state index in [1.54, 1.807) is 0 Å². The van der Waals surface area contributed by atoms with Gasteiger partial charge in [-0.2, -0.15) is 0 Å². The smallest absolute Gasteiger partial charge is 0.261 e. The van der Waals surface area contributed by atoms with Crippen molar-refractivity contribution in [3.8, 4) is 0 Å². The third-order valence-electron chi connectivity index (χ3n) is 3.34. The van der Waals surface area contributed by atoms with Crippen molar-refractivity contribution in [1.82, 2.24) is 0 Å². The Morgan fingerprint density at radius 3 is 2.81 bits per heavy atom. The van der Waals surface area contributed by atoms with Gasteiger partial charge in [-0.15, -0.1) is 0 Å². The van der Waals surface area contributed by atoms with Gasteiger partial charge in [-0.05, 0) is 18.4 Å². The predicted molar refractivity (Wildman–Crippen MR) is 63.0 cm³/mol. The van der Waals surface area contributed by atoms with E-state index in [-0.39, 0.29) is 5.91 Å². The maximum atomic E-state index is 11.8. The van der Waals surface area contributed by atoms with Gasteiger partial charge in [0.1, 0.15) is 0 Å². The number of amides is 1. The molecule has 2 atom stereocenters. The summed E-state index contributed by atoms with van der Waals surface area (Å²) in [5.41, 5.74) is 0.102. The van der Waals surface area contributed by atoms with Gasteiger partial charge in [-0.3, -0.25) is 4.79 Å². The lowest BCUT2D eigenvalue weighted by Crippen LogP contribution is -2.35. The first-order chi connectivity index (χ1) is 7.58. The minimum Gasteiger partial charge on any atom is -0.375 e. The molecule has 1 aromatic rings. The molecule has 0 bridgehead atoms. The Labute approximate surface area is 95.5 Å². The second-order valence-corrected chi connectivity index (χ2v) is 4.58. The lowest BCUT2D eigenvalue weighted by atomic mass is 9.85. The molecule has 1 aliphatic rings. The number of rotatable bonds is 3. The summed E-state index contributed by atoms with van der Waals surface area (Å²) in [7, 11) is 0. The number of carbonyl (C=O) groups excluding carboxylic acids is 1. The average molecular weight is 219 g/mol. The fourth-order valence-electron chi connectivity index (χ4n) is 2.15. The van der Waals surface area contributed by atoms with E-state index < -0.39 is 5.60 Å². The number of nitrogens with one attached hydrogen (secondary N) is 1. The van der Waals surface area contributed by atoms with Crippen molar-refractivity contribution in [1.29, 1.82) is 0 Å². The topological polar surface area (TPSA) is 49.3 Å². The van der Waals surface area contributed by atoms with Crippen molar-refractivity contribution < 1.29 is 9.90 Å². The molecular formula is C13H17NO2. The number of para-hydroxylation sites is 1. The molecule has 3 heteroatoms. The molecule has 1 unspecified atom stereocenters. The second-order valence-electron chi connectivity index (χ2n) is 4.58. The quantitative estimate of drug-likeness (QED) is 0.819. The molecule has 0 fully saturated rings. The standard InChI is InChI=1S/C13H17NO2/c1-3-9(2)8-13(16)10-6-4-5-7-11(10)14-12(13)15/h4-7,9,16H,3,8H2,1-2H3,(H,14,15)/t9-,13?/m0/s1. The molecule has 1 aromatic carbocycles. The van der Waals surface area contributed by atoms with E-state index in [4.69, 9.17) is 0 Å². The van der Waals surface area contributed by atoms with Gasteiger partial charge in [0.15, 0.2) is 5.60 Å². The zero-order valence-electron chi connectivity index (χ0n) is 9.66. The Bertz CT molecular complexity index is 416. The van der Waals surface area contributed by atoms with Gasteiger partial charge >= 0.3 is 0 Å². The molecule has 0 aromatic heterocycles. The number of hydrogen-bond donors (Lipinski definition) is 2. The maximum Gasteiger partial charge on any atom is 0.261 e.